The molecular formula is C29H26FN7O2. The normalized spacial score (nSPS) is 11.5. The lowest BCUT2D eigenvalue weighted by Gasteiger charge is -2.11. The molecule has 0 radical (unpaired) electrons. The van der Waals surface area contributed by atoms with Gasteiger partial charge in [-0.1, -0.05) is 12.1 Å². The number of para-hydroxylation sites is 1. The quantitative estimate of drug-likeness (QED) is 0.278. The van der Waals surface area contributed by atoms with Crippen LogP contribution in [0.15, 0.2) is 67.1 Å². The number of imidazole rings is 1. The molecule has 0 fully saturated rings. The first kappa shape index (κ1) is 24.5. The minimum atomic E-state index is -0.378. The highest BCUT2D eigenvalue weighted by atomic mass is 19.1. The van der Waals surface area contributed by atoms with Gasteiger partial charge in [0, 0.05) is 35.3 Å². The number of hydrogen-bond donors (Lipinski definition) is 2. The van der Waals surface area contributed by atoms with Crippen molar-refractivity contribution in [1.82, 2.24) is 35.0 Å². The molecule has 0 aliphatic carbocycles. The monoisotopic (exact) mass is 523 g/mol. The number of methoxy groups -OCH3 is 1. The predicted molar refractivity (Wildman–Crippen MR) is 148 cm³/mol. The molecule has 0 saturated heterocycles. The molecule has 2 N–H and O–H groups in total. The molecule has 2 aromatic carbocycles. The van der Waals surface area contributed by atoms with Gasteiger partial charge in [0.05, 0.1) is 41.7 Å². The summed E-state index contributed by atoms with van der Waals surface area (Å²) < 4.78 is 25.4. The summed E-state index contributed by atoms with van der Waals surface area (Å²) >= 11 is 0. The summed E-state index contributed by atoms with van der Waals surface area (Å²) in [5.74, 6) is 1.33. The molecule has 196 valence electrons. The molecule has 0 spiro atoms. The number of hydrogen-bond acceptors (Lipinski definition) is 7. The Morgan fingerprint density at radius 2 is 1.82 bits per heavy atom. The second-order valence-corrected chi connectivity index (χ2v) is 9.42. The highest BCUT2D eigenvalue weighted by Gasteiger charge is 2.17. The Balaban J connectivity index is 1.38. The van der Waals surface area contributed by atoms with Crippen molar-refractivity contribution in [3.63, 3.8) is 0 Å². The van der Waals surface area contributed by atoms with Gasteiger partial charge in [0.2, 0.25) is 0 Å². The summed E-state index contributed by atoms with van der Waals surface area (Å²) in [6.45, 7) is 1.37. The first-order valence-electron chi connectivity index (χ1n) is 12.4. The highest BCUT2D eigenvalue weighted by molar-refractivity contribution is 5.97. The number of likely N-dealkylation sites (N-methyl/N-ethyl adjacent to an activating group) is 1. The maximum absolute atomic E-state index is 14.3. The van der Waals surface area contributed by atoms with Crippen molar-refractivity contribution in [3.8, 4) is 45.4 Å². The number of benzene rings is 2. The SMILES string of the molecule is COc1cc(F)cc(-c2cccc3[nH]c(-c4n[nH]c5cnc(-c6cncc(OCCN(C)C)c6)cc45)nc23)c1. The molecular weight excluding hydrogens is 497 g/mol. The highest BCUT2D eigenvalue weighted by Crippen LogP contribution is 2.34. The summed E-state index contributed by atoms with van der Waals surface area (Å²) in [5, 5.41) is 8.43. The molecule has 0 saturated carbocycles. The van der Waals surface area contributed by atoms with Crippen LogP contribution in [0, 0.1) is 5.82 Å². The lowest BCUT2D eigenvalue weighted by Crippen LogP contribution is -2.19. The molecule has 6 rings (SSSR count). The van der Waals surface area contributed by atoms with Gasteiger partial charge in [0.25, 0.3) is 0 Å². The Morgan fingerprint density at radius 1 is 0.949 bits per heavy atom. The molecule has 0 aliphatic rings. The van der Waals surface area contributed by atoms with Crippen LogP contribution in [0.1, 0.15) is 0 Å². The molecule has 0 amide bonds. The third kappa shape index (κ3) is 4.89. The topological polar surface area (TPSA) is 105 Å². The van der Waals surface area contributed by atoms with Crippen molar-refractivity contribution < 1.29 is 13.9 Å². The van der Waals surface area contributed by atoms with E-state index in [1.807, 2.05) is 44.4 Å². The smallest absolute Gasteiger partial charge is 0.159 e. The summed E-state index contributed by atoms with van der Waals surface area (Å²) in [4.78, 5) is 19.2. The number of nitrogens with one attached hydrogen (secondary N) is 2. The molecule has 10 heteroatoms. The largest absolute Gasteiger partial charge is 0.497 e. The fourth-order valence-corrected chi connectivity index (χ4v) is 4.45. The molecule has 6 aromatic rings. The van der Waals surface area contributed by atoms with Crippen LogP contribution in [-0.2, 0) is 0 Å². The van der Waals surface area contributed by atoms with Gasteiger partial charge in [-0.25, -0.2) is 9.37 Å². The first-order chi connectivity index (χ1) is 19.0. The van der Waals surface area contributed by atoms with Gasteiger partial charge >= 0.3 is 0 Å². The number of rotatable bonds is 8. The lowest BCUT2D eigenvalue weighted by atomic mass is 10.0. The lowest BCUT2D eigenvalue weighted by molar-refractivity contribution is 0.261. The van der Waals surface area contributed by atoms with Crippen molar-refractivity contribution in [2.45, 2.75) is 0 Å². The Kier molecular flexibility index (Phi) is 6.37. The van der Waals surface area contributed by atoms with Crippen molar-refractivity contribution in [2.75, 3.05) is 34.4 Å². The van der Waals surface area contributed by atoms with Crippen molar-refractivity contribution in [2.24, 2.45) is 0 Å². The molecule has 0 unspecified atom stereocenters. The van der Waals surface area contributed by atoms with Crippen molar-refractivity contribution in [1.29, 1.82) is 0 Å². The summed E-state index contributed by atoms with van der Waals surface area (Å²) in [7, 11) is 5.52. The van der Waals surface area contributed by atoms with Crippen molar-refractivity contribution in [3.05, 3.63) is 72.9 Å². The average Bonchev–Trinajstić information content (AvgIpc) is 3.56. The van der Waals surface area contributed by atoms with Crippen LogP contribution in [0.5, 0.6) is 11.5 Å². The predicted octanol–water partition coefficient (Wildman–Crippen LogP) is 5.32. The van der Waals surface area contributed by atoms with Gasteiger partial charge in [0.15, 0.2) is 5.82 Å². The maximum Gasteiger partial charge on any atom is 0.159 e. The van der Waals surface area contributed by atoms with E-state index in [1.165, 1.54) is 19.2 Å². The van der Waals surface area contributed by atoms with Crippen LogP contribution < -0.4 is 9.47 Å². The van der Waals surface area contributed by atoms with Gasteiger partial charge < -0.3 is 19.4 Å². The number of pyridine rings is 2. The summed E-state index contributed by atoms with van der Waals surface area (Å²) in [6, 6.07) is 14.2. The van der Waals surface area contributed by atoms with Crippen LogP contribution in [0.25, 0.3) is 55.8 Å². The van der Waals surface area contributed by atoms with Gasteiger partial charge in [-0.15, -0.1) is 0 Å². The standard InChI is InChI=1S/C29H26FN7O2/c1-37(2)7-8-39-21-11-18(14-31-15-21)25-13-23-26(16-32-25)35-36-28(23)29-33-24-6-4-5-22(27(24)34-29)17-9-19(30)12-20(10-17)38-3/h4-6,9-16H,7-8H2,1-3H3,(H,33,34)(H,35,36). The number of aromatic nitrogens is 6. The third-order valence-electron chi connectivity index (χ3n) is 6.42. The van der Waals surface area contributed by atoms with E-state index >= 15 is 0 Å². The van der Waals surface area contributed by atoms with E-state index in [4.69, 9.17) is 14.5 Å². The average molecular weight is 524 g/mol. The zero-order valence-corrected chi connectivity index (χ0v) is 21.7. The van der Waals surface area contributed by atoms with Crippen LogP contribution in [0.3, 0.4) is 0 Å². The molecule has 9 nitrogen and oxygen atoms in total. The van der Waals surface area contributed by atoms with E-state index < -0.39 is 0 Å². The second kappa shape index (κ2) is 10.1. The van der Waals surface area contributed by atoms with E-state index in [0.29, 0.717) is 40.7 Å². The number of nitrogens with zero attached hydrogens (tertiary/aromatic N) is 5. The van der Waals surface area contributed by atoms with Crippen LogP contribution in [0.4, 0.5) is 4.39 Å². The summed E-state index contributed by atoms with van der Waals surface area (Å²) in [5.41, 5.74) is 5.97. The Morgan fingerprint density at radius 3 is 2.67 bits per heavy atom. The zero-order chi connectivity index (χ0) is 26.9. The van der Waals surface area contributed by atoms with Crippen LogP contribution in [0.2, 0.25) is 0 Å². The fourth-order valence-electron chi connectivity index (χ4n) is 4.45. The number of ether oxygens (including phenoxy) is 2. The zero-order valence-electron chi connectivity index (χ0n) is 21.7. The van der Waals surface area contributed by atoms with E-state index in [1.54, 1.807) is 24.7 Å². The number of halogens is 1. The minimum absolute atomic E-state index is 0.378. The minimum Gasteiger partial charge on any atom is -0.497 e. The number of aromatic amines is 2. The van der Waals surface area contributed by atoms with E-state index in [-0.39, 0.29) is 5.82 Å². The van der Waals surface area contributed by atoms with Gasteiger partial charge in [-0.2, -0.15) is 5.10 Å². The third-order valence-corrected chi connectivity index (χ3v) is 6.42. The molecule has 0 bridgehead atoms. The number of fused-ring (bicyclic) bond motifs is 2. The molecule has 4 heterocycles. The fraction of sp³-hybridized carbons (Fsp3) is 0.172. The first-order valence-corrected chi connectivity index (χ1v) is 12.4. The molecule has 39 heavy (non-hydrogen) atoms. The Bertz CT molecular complexity index is 1790. The molecule has 4 aromatic heterocycles. The molecule has 0 atom stereocenters. The Hall–Kier alpha value is -4.83. The molecule has 0 aliphatic heterocycles. The summed E-state index contributed by atoms with van der Waals surface area (Å²) in [6.07, 6.45) is 5.20. The Labute approximate surface area is 223 Å². The van der Waals surface area contributed by atoms with Gasteiger partial charge in [-0.3, -0.25) is 15.1 Å². The van der Waals surface area contributed by atoms with Gasteiger partial charge in [-0.05, 0) is 50.0 Å². The van der Waals surface area contributed by atoms with Crippen LogP contribution >= 0.6 is 0 Å². The van der Waals surface area contributed by atoms with E-state index in [0.717, 1.165) is 39.8 Å². The van der Waals surface area contributed by atoms with E-state index in [9.17, 15) is 4.39 Å². The van der Waals surface area contributed by atoms with E-state index in [2.05, 4.69) is 30.0 Å². The van der Waals surface area contributed by atoms with Crippen LogP contribution in [-0.4, -0.2) is 69.4 Å². The van der Waals surface area contributed by atoms with Crippen molar-refractivity contribution >= 4 is 21.9 Å². The second-order valence-electron chi connectivity index (χ2n) is 9.42. The maximum atomic E-state index is 14.3. The van der Waals surface area contributed by atoms with Gasteiger partial charge in [0.1, 0.15) is 29.6 Å². The number of H-pyrrole nitrogens is 2.